The van der Waals surface area contributed by atoms with Crippen molar-refractivity contribution in [1.82, 2.24) is 19.1 Å². The number of hydrogen-bond acceptors (Lipinski definition) is 2. The summed E-state index contributed by atoms with van der Waals surface area (Å²) in [6.45, 7) is 0. The minimum atomic E-state index is 0.705. The third-order valence-corrected chi connectivity index (χ3v) is 5.89. The summed E-state index contributed by atoms with van der Waals surface area (Å²) in [5, 5.41) is 0. The van der Waals surface area contributed by atoms with Crippen LogP contribution in [-0.2, 0) is 10.9 Å². The molecule has 6 heteroatoms. The van der Waals surface area contributed by atoms with E-state index in [2.05, 4.69) is 114 Å². The van der Waals surface area contributed by atoms with Gasteiger partial charge in [0.05, 0.1) is 33.7 Å². The average molecular weight is 496 g/mol. The number of hydrogen-bond donors (Lipinski definition) is 0. The monoisotopic (exact) mass is 494 g/mol. The van der Waals surface area contributed by atoms with Gasteiger partial charge in [-0.3, -0.25) is 0 Å². The molecule has 0 fully saturated rings. The Balaban J connectivity index is 1.90. The summed E-state index contributed by atoms with van der Waals surface area (Å²) in [5.74, 6) is 0. The highest BCUT2D eigenvalue weighted by molar-refractivity contribution is 9.08. The predicted molar refractivity (Wildman–Crippen MR) is 124 cm³/mol. The lowest BCUT2D eigenvalue weighted by atomic mass is 10.3. The Labute approximate surface area is 179 Å². The van der Waals surface area contributed by atoms with Gasteiger partial charge in [-0.2, -0.15) is 0 Å². The van der Waals surface area contributed by atoms with E-state index in [4.69, 9.17) is 9.97 Å². The SMILES string of the molecule is BrCn1c2ccc1cc1nc(cc3ccc(cc4nc(c2)C=C4)n3CBr)C=C1. The largest absolute Gasteiger partial charge is 0.331 e. The molecule has 138 valence electrons. The molecule has 0 saturated heterocycles. The topological polar surface area (TPSA) is 35.6 Å². The first-order valence-electron chi connectivity index (χ1n) is 8.91. The van der Waals surface area contributed by atoms with Crippen LogP contribution in [-0.4, -0.2) is 19.1 Å². The van der Waals surface area contributed by atoms with Crippen LogP contribution in [0.4, 0.5) is 0 Å². The summed E-state index contributed by atoms with van der Waals surface area (Å²) in [5.41, 5.74) is 9.60. The first kappa shape index (κ1) is 17.6. The maximum absolute atomic E-state index is 4.77. The van der Waals surface area contributed by atoms with Gasteiger partial charge in [-0.15, -0.1) is 0 Å². The summed E-state index contributed by atoms with van der Waals surface area (Å²) < 4.78 is 4.40. The van der Waals surface area contributed by atoms with Gasteiger partial charge in [0.2, 0.25) is 0 Å². The fraction of sp³-hybridized carbons (Fsp3) is 0.0909. The van der Waals surface area contributed by atoms with Crippen LogP contribution in [0.25, 0.3) is 46.4 Å². The molecule has 4 nitrogen and oxygen atoms in total. The van der Waals surface area contributed by atoms with Gasteiger partial charge in [0.15, 0.2) is 0 Å². The van der Waals surface area contributed by atoms with E-state index in [0.717, 1.165) is 44.8 Å². The molecular formula is C22H16Br2N4. The second-order valence-corrected chi connectivity index (χ2v) is 7.63. The number of alkyl halides is 2. The summed E-state index contributed by atoms with van der Waals surface area (Å²) in [7, 11) is 0. The molecule has 0 atom stereocenters. The zero-order chi connectivity index (χ0) is 19.1. The Morgan fingerprint density at radius 1 is 0.536 bits per heavy atom. The lowest BCUT2D eigenvalue weighted by Gasteiger charge is -2.00. The molecule has 8 bridgehead atoms. The van der Waals surface area contributed by atoms with Crippen LogP contribution in [0.5, 0.6) is 0 Å². The van der Waals surface area contributed by atoms with Crippen LogP contribution in [0.1, 0.15) is 22.8 Å². The van der Waals surface area contributed by atoms with Gasteiger partial charge in [0.25, 0.3) is 0 Å². The first-order chi connectivity index (χ1) is 13.7. The van der Waals surface area contributed by atoms with E-state index >= 15 is 0 Å². The molecular weight excluding hydrogens is 480 g/mol. The lowest BCUT2D eigenvalue weighted by molar-refractivity contribution is 0.992. The molecule has 5 heterocycles. The predicted octanol–water partition coefficient (Wildman–Crippen LogP) is 6.31. The minimum Gasteiger partial charge on any atom is -0.331 e. The number of halogens is 2. The van der Waals surface area contributed by atoms with Crippen molar-refractivity contribution in [1.29, 1.82) is 0 Å². The molecule has 0 aliphatic carbocycles. The Kier molecular flexibility index (Phi) is 4.53. The highest BCUT2D eigenvalue weighted by Crippen LogP contribution is 2.21. The van der Waals surface area contributed by atoms with Crippen molar-refractivity contribution in [3.05, 3.63) is 71.3 Å². The molecule has 0 spiro atoms. The standard InChI is InChI=1S/C22H16Br2N4/c23-13-27-19-5-6-21(27)11-17-3-4-18(26-17)12-22-8-7-20(28(22)14-24)10-16-2-1-15(9-19)25-16/h1-12H,13-14H2. The molecule has 0 radical (unpaired) electrons. The summed E-state index contributed by atoms with van der Waals surface area (Å²) in [4.78, 5) is 9.54. The molecule has 2 aliphatic rings. The van der Waals surface area contributed by atoms with Crippen LogP contribution in [0, 0.1) is 0 Å². The van der Waals surface area contributed by atoms with Crippen molar-refractivity contribution in [3.8, 4) is 0 Å². The molecule has 2 aliphatic heterocycles. The zero-order valence-corrected chi connectivity index (χ0v) is 18.1. The summed E-state index contributed by atoms with van der Waals surface area (Å²) >= 11 is 7.21. The molecule has 0 saturated carbocycles. The van der Waals surface area contributed by atoms with Gasteiger partial charge in [-0.1, -0.05) is 31.9 Å². The van der Waals surface area contributed by atoms with E-state index in [9.17, 15) is 0 Å². The molecule has 5 rings (SSSR count). The highest BCUT2D eigenvalue weighted by Gasteiger charge is 2.05. The second kappa shape index (κ2) is 7.18. The van der Waals surface area contributed by atoms with E-state index in [0.29, 0.717) is 10.9 Å². The van der Waals surface area contributed by atoms with Gasteiger partial charge in [0, 0.05) is 22.1 Å². The molecule has 3 aromatic rings. The molecule has 28 heavy (non-hydrogen) atoms. The summed E-state index contributed by atoms with van der Waals surface area (Å²) in [6.07, 6.45) is 8.21. The van der Waals surface area contributed by atoms with Gasteiger partial charge in [-0.05, 0) is 72.8 Å². The highest BCUT2D eigenvalue weighted by atomic mass is 79.9. The van der Waals surface area contributed by atoms with Gasteiger partial charge in [0.1, 0.15) is 0 Å². The van der Waals surface area contributed by atoms with Gasteiger partial charge in [-0.25, -0.2) is 9.97 Å². The normalized spacial score (nSPS) is 12.6. The Hall–Kier alpha value is -2.44. The first-order valence-corrected chi connectivity index (χ1v) is 11.2. The second-order valence-electron chi connectivity index (χ2n) is 6.63. The molecule has 0 amide bonds. The van der Waals surface area contributed by atoms with Crippen LogP contribution < -0.4 is 0 Å². The van der Waals surface area contributed by atoms with Crippen molar-refractivity contribution in [3.63, 3.8) is 0 Å². The Morgan fingerprint density at radius 3 is 1.07 bits per heavy atom. The lowest BCUT2D eigenvalue weighted by Crippen LogP contribution is -1.91. The molecule has 0 N–H and O–H groups in total. The molecule has 0 aromatic carbocycles. The fourth-order valence-electron chi connectivity index (χ4n) is 3.50. The third kappa shape index (κ3) is 3.16. The van der Waals surface area contributed by atoms with Crippen LogP contribution >= 0.6 is 31.9 Å². The van der Waals surface area contributed by atoms with Gasteiger partial charge < -0.3 is 9.13 Å². The smallest absolute Gasteiger partial charge is 0.0784 e. The number of nitrogens with zero attached hydrogens (tertiary/aromatic N) is 4. The number of aromatic nitrogens is 4. The maximum Gasteiger partial charge on any atom is 0.0784 e. The van der Waals surface area contributed by atoms with Crippen molar-refractivity contribution < 1.29 is 0 Å². The van der Waals surface area contributed by atoms with Gasteiger partial charge >= 0.3 is 0 Å². The fourth-order valence-corrected chi connectivity index (χ4v) is 4.65. The molecule has 0 unspecified atom stereocenters. The number of fused-ring (bicyclic) bond motifs is 8. The average Bonchev–Trinajstić information content (AvgIpc) is 3.46. The van der Waals surface area contributed by atoms with E-state index in [1.165, 1.54) is 0 Å². The van der Waals surface area contributed by atoms with E-state index in [-0.39, 0.29) is 0 Å². The minimum absolute atomic E-state index is 0.705. The molecule has 3 aromatic heterocycles. The van der Waals surface area contributed by atoms with Crippen LogP contribution in [0.15, 0.2) is 48.5 Å². The Morgan fingerprint density at radius 2 is 0.821 bits per heavy atom. The third-order valence-electron chi connectivity index (χ3n) is 4.88. The van der Waals surface area contributed by atoms with E-state index < -0.39 is 0 Å². The number of rotatable bonds is 2. The maximum atomic E-state index is 4.77. The van der Waals surface area contributed by atoms with Crippen molar-refractivity contribution >= 4 is 78.2 Å². The Bertz CT molecular complexity index is 1110. The van der Waals surface area contributed by atoms with Crippen molar-refractivity contribution in [2.75, 3.05) is 0 Å². The van der Waals surface area contributed by atoms with Crippen LogP contribution in [0.2, 0.25) is 0 Å². The zero-order valence-electron chi connectivity index (χ0n) is 14.9. The van der Waals surface area contributed by atoms with Crippen molar-refractivity contribution in [2.24, 2.45) is 0 Å². The van der Waals surface area contributed by atoms with E-state index in [1.54, 1.807) is 0 Å². The van der Waals surface area contributed by atoms with Crippen molar-refractivity contribution in [2.45, 2.75) is 10.9 Å². The van der Waals surface area contributed by atoms with Crippen LogP contribution in [0.3, 0.4) is 0 Å². The quantitative estimate of drug-likeness (QED) is 0.269. The van der Waals surface area contributed by atoms with E-state index in [1.807, 2.05) is 0 Å². The summed E-state index contributed by atoms with van der Waals surface area (Å²) in [6, 6.07) is 16.9.